The smallest absolute Gasteiger partial charge is 0.108 e. The van der Waals surface area contributed by atoms with Crippen molar-refractivity contribution in [2.75, 3.05) is 13.2 Å². The molecular weight excluding hydrogens is 208 g/mol. The molecule has 17 heavy (non-hydrogen) atoms. The highest BCUT2D eigenvalue weighted by atomic mass is 16.5. The summed E-state index contributed by atoms with van der Waals surface area (Å²) < 4.78 is 4.66. The van der Waals surface area contributed by atoms with Crippen LogP contribution >= 0.6 is 0 Å². The van der Waals surface area contributed by atoms with Crippen LogP contribution in [0.25, 0.3) is 0 Å². The average molecular weight is 230 g/mol. The van der Waals surface area contributed by atoms with Gasteiger partial charge in [0.25, 0.3) is 0 Å². The zero-order chi connectivity index (χ0) is 12.1. The zero-order valence-electron chi connectivity index (χ0n) is 10.5. The molecule has 1 heteroatoms. The molecule has 0 unspecified atom stereocenters. The van der Waals surface area contributed by atoms with Crippen LogP contribution in [-0.2, 0) is 4.74 Å². The van der Waals surface area contributed by atoms with Crippen LogP contribution in [-0.4, -0.2) is 13.2 Å². The molecule has 92 valence electrons. The SMILES string of the molecule is C#CCOCC#C.C1C2CC3CC1CC(C2)C3. The number of rotatable bonds is 2. The molecule has 0 aromatic heterocycles. The predicted molar refractivity (Wildman–Crippen MR) is 70.1 cm³/mol. The summed E-state index contributed by atoms with van der Waals surface area (Å²) in [5.74, 6) is 9.28. The second-order valence-electron chi connectivity index (χ2n) is 5.78. The fourth-order valence-corrected chi connectivity index (χ4v) is 4.15. The Kier molecular flexibility index (Phi) is 4.52. The fraction of sp³-hybridized carbons (Fsp3) is 0.750. The minimum absolute atomic E-state index is 0.310. The maximum atomic E-state index is 4.83. The molecule has 4 aliphatic carbocycles. The summed E-state index contributed by atoms with van der Waals surface area (Å²) in [4.78, 5) is 0. The molecule has 0 aromatic carbocycles. The first-order valence-corrected chi connectivity index (χ1v) is 6.76. The van der Waals surface area contributed by atoms with Crippen molar-refractivity contribution in [1.82, 2.24) is 0 Å². The summed E-state index contributed by atoms with van der Waals surface area (Å²) in [5.41, 5.74) is 0. The van der Waals surface area contributed by atoms with Crippen molar-refractivity contribution >= 4 is 0 Å². The third kappa shape index (κ3) is 3.52. The summed E-state index contributed by atoms with van der Waals surface area (Å²) in [6, 6.07) is 0. The van der Waals surface area contributed by atoms with E-state index in [-0.39, 0.29) is 0 Å². The van der Waals surface area contributed by atoms with E-state index in [4.69, 9.17) is 12.8 Å². The van der Waals surface area contributed by atoms with E-state index in [0.717, 1.165) is 0 Å². The molecule has 0 amide bonds. The van der Waals surface area contributed by atoms with Gasteiger partial charge in [-0.3, -0.25) is 0 Å². The number of terminal acetylenes is 2. The Morgan fingerprint density at radius 2 is 1.00 bits per heavy atom. The van der Waals surface area contributed by atoms with Crippen molar-refractivity contribution in [3.05, 3.63) is 0 Å². The maximum absolute atomic E-state index is 4.83. The minimum Gasteiger partial charge on any atom is -0.356 e. The molecule has 4 rings (SSSR count). The molecular formula is C16H22O. The Labute approximate surface area is 105 Å². The van der Waals surface area contributed by atoms with Crippen molar-refractivity contribution in [1.29, 1.82) is 0 Å². The van der Waals surface area contributed by atoms with Crippen LogP contribution < -0.4 is 0 Å². The summed E-state index contributed by atoms with van der Waals surface area (Å²) >= 11 is 0. The molecule has 4 fully saturated rings. The lowest BCUT2D eigenvalue weighted by molar-refractivity contribution is 0.0198. The lowest BCUT2D eigenvalue weighted by Gasteiger charge is -2.49. The fourth-order valence-electron chi connectivity index (χ4n) is 4.15. The molecule has 0 aliphatic heterocycles. The summed E-state index contributed by atoms with van der Waals surface area (Å²) in [5, 5.41) is 0. The lowest BCUT2D eigenvalue weighted by atomic mass is 9.56. The second-order valence-corrected chi connectivity index (χ2v) is 5.78. The van der Waals surface area contributed by atoms with Gasteiger partial charge in [0.1, 0.15) is 13.2 Å². The third-order valence-corrected chi connectivity index (χ3v) is 4.37. The molecule has 1 nitrogen and oxygen atoms in total. The topological polar surface area (TPSA) is 9.23 Å². The zero-order valence-corrected chi connectivity index (χ0v) is 10.5. The quantitative estimate of drug-likeness (QED) is 0.523. The van der Waals surface area contributed by atoms with Crippen LogP contribution in [0.1, 0.15) is 38.5 Å². The van der Waals surface area contributed by atoms with E-state index in [1.54, 1.807) is 38.5 Å². The summed E-state index contributed by atoms with van der Waals surface area (Å²) in [6.07, 6.45) is 19.3. The van der Waals surface area contributed by atoms with E-state index < -0.39 is 0 Å². The van der Waals surface area contributed by atoms with Gasteiger partial charge < -0.3 is 4.74 Å². The van der Waals surface area contributed by atoms with E-state index >= 15 is 0 Å². The van der Waals surface area contributed by atoms with Crippen molar-refractivity contribution in [3.63, 3.8) is 0 Å². The Morgan fingerprint density at radius 3 is 1.24 bits per heavy atom. The first-order valence-electron chi connectivity index (χ1n) is 6.76. The first kappa shape index (κ1) is 12.5. The summed E-state index contributed by atoms with van der Waals surface area (Å²) in [7, 11) is 0. The van der Waals surface area contributed by atoms with Gasteiger partial charge in [0.2, 0.25) is 0 Å². The number of hydrogen-bond donors (Lipinski definition) is 0. The predicted octanol–water partition coefficient (Wildman–Crippen LogP) is 3.10. The largest absolute Gasteiger partial charge is 0.356 e. The van der Waals surface area contributed by atoms with Gasteiger partial charge in [0, 0.05) is 0 Å². The van der Waals surface area contributed by atoms with Crippen molar-refractivity contribution in [2.24, 2.45) is 23.7 Å². The molecule has 0 spiro atoms. The van der Waals surface area contributed by atoms with E-state index in [9.17, 15) is 0 Å². The standard InChI is InChI=1S/C10H16.C6H6O/c1-7-2-9-4-8(1)5-10(3-7)6-9;1-3-5-7-6-4-2/h7-10H,1-6H2;1-2H,5-6H2. The van der Waals surface area contributed by atoms with Gasteiger partial charge in [-0.15, -0.1) is 12.8 Å². The minimum atomic E-state index is 0.310. The molecule has 0 atom stereocenters. The Balaban J connectivity index is 0.000000139. The van der Waals surface area contributed by atoms with Crippen LogP contribution in [0.4, 0.5) is 0 Å². The van der Waals surface area contributed by atoms with Gasteiger partial charge in [-0.2, -0.15) is 0 Å². The van der Waals surface area contributed by atoms with Crippen molar-refractivity contribution in [3.8, 4) is 24.7 Å². The highest BCUT2D eigenvalue weighted by Gasteiger charge is 2.41. The van der Waals surface area contributed by atoms with Crippen LogP contribution in [0.5, 0.6) is 0 Å². The highest BCUT2D eigenvalue weighted by molar-refractivity contribution is 4.93. The van der Waals surface area contributed by atoms with E-state index in [1.807, 2.05) is 0 Å². The maximum Gasteiger partial charge on any atom is 0.108 e. The Hall–Kier alpha value is -0.920. The molecule has 0 radical (unpaired) electrons. The number of ether oxygens (including phenoxy) is 1. The molecule has 0 N–H and O–H groups in total. The average Bonchev–Trinajstić information content (AvgIpc) is 2.29. The summed E-state index contributed by atoms with van der Waals surface area (Å²) in [6.45, 7) is 0.619. The van der Waals surface area contributed by atoms with Crippen LogP contribution in [0.3, 0.4) is 0 Å². The van der Waals surface area contributed by atoms with Gasteiger partial charge in [-0.1, -0.05) is 11.8 Å². The number of hydrogen-bond acceptors (Lipinski definition) is 1. The van der Waals surface area contributed by atoms with E-state index in [1.165, 1.54) is 23.7 Å². The van der Waals surface area contributed by atoms with E-state index in [0.29, 0.717) is 13.2 Å². The van der Waals surface area contributed by atoms with Gasteiger partial charge in [0.05, 0.1) is 0 Å². The van der Waals surface area contributed by atoms with Crippen LogP contribution in [0.15, 0.2) is 0 Å². The molecule has 0 saturated heterocycles. The molecule has 0 aromatic rings. The molecule has 0 heterocycles. The Morgan fingerprint density at radius 1 is 0.706 bits per heavy atom. The van der Waals surface area contributed by atoms with Gasteiger partial charge in [-0.05, 0) is 62.2 Å². The Bertz CT molecular complexity index is 247. The molecule has 4 aliphatic rings. The van der Waals surface area contributed by atoms with Crippen LogP contribution in [0, 0.1) is 48.4 Å². The third-order valence-electron chi connectivity index (χ3n) is 4.37. The second kappa shape index (κ2) is 6.13. The molecule has 4 saturated carbocycles. The highest BCUT2D eigenvalue weighted by Crippen LogP contribution is 2.53. The lowest BCUT2D eigenvalue weighted by Crippen LogP contribution is -2.38. The van der Waals surface area contributed by atoms with E-state index in [2.05, 4.69) is 16.6 Å². The van der Waals surface area contributed by atoms with Crippen LogP contribution in [0.2, 0.25) is 0 Å². The monoisotopic (exact) mass is 230 g/mol. The normalized spacial score (nSPS) is 36.6. The van der Waals surface area contributed by atoms with Gasteiger partial charge >= 0.3 is 0 Å². The van der Waals surface area contributed by atoms with Crippen molar-refractivity contribution in [2.45, 2.75) is 38.5 Å². The van der Waals surface area contributed by atoms with Gasteiger partial charge in [-0.25, -0.2) is 0 Å². The molecule has 4 bridgehead atoms. The first-order chi connectivity index (χ1) is 8.31. The van der Waals surface area contributed by atoms with Gasteiger partial charge in [0.15, 0.2) is 0 Å². The van der Waals surface area contributed by atoms with Crippen molar-refractivity contribution < 1.29 is 4.74 Å².